The largest absolute Gasteiger partial charge is 0.309 e. The number of hydrogen-bond acceptors (Lipinski definition) is 4. The Kier molecular flexibility index (Phi) is 3.25. The Bertz CT molecular complexity index is 306. The van der Waals surface area contributed by atoms with Gasteiger partial charge >= 0.3 is 0 Å². The second kappa shape index (κ2) is 4.51. The molecule has 90 valence electrons. The quantitative estimate of drug-likeness (QED) is 0.705. The lowest BCUT2D eigenvalue weighted by Crippen LogP contribution is -2.52. The highest BCUT2D eigenvalue weighted by Gasteiger charge is 2.41. The van der Waals surface area contributed by atoms with E-state index in [4.69, 9.17) is 0 Å². The second-order valence-corrected chi connectivity index (χ2v) is 4.54. The van der Waals surface area contributed by atoms with Crippen LogP contribution in [0.3, 0.4) is 0 Å². The zero-order valence-electron chi connectivity index (χ0n) is 9.90. The fourth-order valence-electron chi connectivity index (χ4n) is 2.62. The number of amides is 1. The summed E-state index contributed by atoms with van der Waals surface area (Å²) in [4.78, 5) is 23.8. The zero-order chi connectivity index (χ0) is 11.7. The molecule has 2 heterocycles. The summed E-state index contributed by atoms with van der Waals surface area (Å²) in [6.07, 6.45) is 2.63. The second-order valence-electron chi connectivity index (χ2n) is 4.54. The summed E-state index contributed by atoms with van der Waals surface area (Å²) in [5.41, 5.74) is 0. The van der Waals surface area contributed by atoms with Crippen molar-refractivity contribution in [2.24, 2.45) is 0 Å². The number of Topliss-reactive ketones (excluding diaryl/α,β-unsaturated/α-hetero) is 1. The molecule has 2 atom stereocenters. The molecule has 2 unspecified atom stereocenters. The van der Waals surface area contributed by atoms with E-state index < -0.39 is 0 Å². The molecule has 0 saturated carbocycles. The lowest BCUT2D eigenvalue weighted by atomic mass is 10.1. The fraction of sp³-hybridized carbons (Fsp3) is 0.818. The van der Waals surface area contributed by atoms with E-state index in [9.17, 15) is 9.59 Å². The molecule has 2 rings (SSSR count). The molecule has 1 N–H and O–H groups in total. The van der Waals surface area contributed by atoms with Gasteiger partial charge in [0.15, 0.2) is 5.78 Å². The van der Waals surface area contributed by atoms with Gasteiger partial charge in [0.1, 0.15) is 6.04 Å². The Morgan fingerprint density at radius 1 is 1.38 bits per heavy atom. The highest BCUT2D eigenvalue weighted by Crippen LogP contribution is 2.24. The number of carbonyl (C=O) groups excluding carboxylic acids is 2. The molecule has 0 aromatic heterocycles. The van der Waals surface area contributed by atoms with Gasteiger partial charge in [-0.1, -0.05) is 0 Å². The van der Waals surface area contributed by atoms with Crippen molar-refractivity contribution in [3.05, 3.63) is 0 Å². The number of fused-ring (bicyclic) bond motifs is 1. The first-order chi connectivity index (χ1) is 7.65. The summed E-state index contributed by atoms with van der Waals surface area (Å²) in [6, 6.07) is -0.369. The van der Waals surface area contributed by atoms with Crippen molar-refractivity contribution in [3.63, 3.8) is 0 Å². The number of hydrogen-bond donors (Lipinski definition) is 1. The normalized spacial score (nSPS) is 31.4. The predicted molar refractivity (Wildman–Crippen MR) is 59.6 cm³/mol. The van der Waals surface area contributed by atoms with Crippen LogP contribution in [-0.4, -0.2) is 53.9 Å². The SMILES string of the molecule is CNC1CCCN2CCC(C(C)=O)N2C1=O. The van der Waals surface area contributed by atoms with E-state index in [1.807, 2.05) is 5.01 Å². The maximum Gasteiger partial charge on any atom is 0.254 e. The molecule has 1 amide bonds. The highest BCUT2D eigenvalue weighted by molar-refractivity contribution is 5.90. The van der Waals surface area contributed by atoms with Gasteiger partial charge in [-0.2, -0.15) is 0 Å². The Balaban J connectivity index is 2.22. The van der Waals surface area contributed by atoms with Gasteiger partial charge in [-0.25, -0.2) is 5.01 Å². The van der Waals surface area contributed by atoms with Gasteiger partial charge in [-0.15, -0.1) is 0 Å². The van der Waals surface area contributed by atoms with Gasteiger partial charge in [0.25, 0.3) is 5.91 Å². The first-order valence-corrected chi connectivity index (χ1v) is 5.91. The van der Waals surface area contributed by atoms with Crippen LogP contribution in [0.2, 0.25) is 0 Å². The van der Waals surface area contributed by atoms with Crippen LogP contribution in [0.15, 0.2) is 0 Å². The molecule has 5 nitrogen and oxygen atoms in total. The topological polar surface area (TPSA) is 52.7 Å². The molecule has 0 aliphatic carbocycles. The molecule has 5 heteroatoms. The molecule has 2 fully saturated rings. The molecule has 2 aliphatic heterocycles. The first-order valence-electron chi connectivity index (χ1n) is 5.91. The van der Waals surface area contributed by atoms with E-state index in [0.29, 0.717) is 0 Å². The van der Waals surface area contributed by atoms with Gasteiger partial charge < -0.3 is 5.32 Å². The van der Waals surface area contributed by atoms with E-state index in [1.165, 1.54) is 0 Å². The zero-order valence-corrected chi connectivity index (χ0v) is 9.90. The average molecular weight is 225 g/mol. The van der Waals surface area contributed by atoms with E-state index in [1.54, 1.807) is 19.0 Å². The first kappa shape index (κ1) is 11.5. The summed E-state index contributed by atoms with van der Waals surface area (Å²) in [6.45, 7) is 3.28. The summed E-state index contributed by atoms with van der Waals surface area (Å²) in [5, 5.41) is 6.76. The van der Waals surface area contributed by atoms with Crippen molar-refractivity contribution in [1.29, 1.82) is 0 Å². The van der Waals surface area contributed by atoms with Crippen molar-refractivity contribution in [2.75, 3.05) is 20.1 Å². The van der Waals surface area contributed by atoms with Crippen LogP contribution in [-0.2, 0) is 9.59 Å². The van der Waals surface area contributed by atoms with Crippen LogP contribution < -0.4 is 5.32 Å². The number of rotatable bonds is 2. The minimum atomic E-state index is -0.235. The minimum absolute atomic E-state index is 0.0534. The lowest BCUT2D eigenvalue weighted by Gasteiger charge is -2.30. The van der Waals surface area contributed by atoms with Gasteiger partial charge in [-0.3, -0.25) is 14.6 Å². The number of hydrazine groups is 1. The third kappa shape index (κ3) is 1.85. The third-order valence-corrected chi connectivity index (χ3v) is 3.51. The van der Waals surface area contributed by atoms with E-state index >= 15 is 0 Å². The fourth-order valence-corrected chi connectivity index (χ4v) is 2.62. The summed E-state index contributed by atoms with van der Waals surface area (Å²) in [7, 11) is 1.80. The molecule has 0 spiro atoms. The van der Waals surface area contributed by atoms with Crippen LogP contribution in [0.5, 0.6) is 0 Å². The maximum absolute atomic E-state index is 12.2. The van der Waals surface area contributed by atoms with Gasteiger partial charge in [0, 0.05) is 13.1 Å². The monoisotopic (exact) mass is 225 g/mol. The predicted octanol–water partition coefficient (Wildman–Crippen LogP) is -0.225. The van der Waals surface area contributed by atoms with Crippen LogP contribution in [0.1, 0.15) is 26.2 Å². The smallest absolute Gasteiger partial charge is 0.254 e. The molecule has 2 aliphatic rings. The van der Waals surface area contributed by atoms with Crippen LogP contribution in [0.25, 0.3) is 0 Å². The van der Waals surface area contributed by atoms with Gasteiger partial charge in [-0.05, 0) is 33.2 Å². The molecule has 2 saturated heterocycles. The molecule has 16 heavy (non-hydrogen) atoms. The van der Waals surface area contributed by atoms with Crippen molar-refractivity contribution in [2.45, 2.75) is 38.3 Å². The standard InChI is InChI=1S/C11H19N3O2/c1-8(15)10-5-7-13-6-3-4-9(12-2)11(16)14(10)13/h9-10,12H,3-7H2,1-2H3. The Labute approximate surface area is 95.7 Å². The van der Waals surface area contributed by atoms with Crippen LogP contribution >= 0.6 is 0 Å². The molecular weight excluding hydrogens is 206 g/mol. The third-order valence-electron chi connectivity index (χ3n) is 3.51. The maximum atomic E-state index is 12.2. The minimum Gasteiger partial charge on any atom is -0.309 e. The van der Waals surface area contributed by atoms with E-state index in [2.05, 4.69) is 5.32 Å². The molecular formula is C11H19N3O2. The summed E-state index contributed by atoms with van der Waals surface area (Å²) >= 11 is 0. The molecule has 0 aromatic carbocycles. The van der Waals surface area contributed by atoms with E-state index in [0.717, 1.165) is 32.4 Å². The van der Waals surface area contributed by atoms with Crippen molar-refractivity contribution in [3.8, 4) is 0 Å². The molecule has 0 radical (unpaired) electrons. The Hall–Kier alpha value is -0.940. The van der Waals surface area contributed by atoms with Crippen LogP contribution in [0.4, 0.5) is 0 Å². The molecule has 0 aromatic rings. The van der Waals surface area contributed by atoms with Crippen molar-refractivity contribution >= 4 is 11.7 Å². The summed E-state index contributed by atoms with van der Waals surface area (Å²) in [5.74, 6) is 0.144. The number of nitrogens with one attached hydrogen (secondary N) is 1. The lowest BCUT2D eigenvalue weighted by molar-refractivity contribution is -0.151. The Morgan fingerprint density at radius 2 is 2.12 bits per heavy atom. The summed E-state index contributed by atoms with van der Waals surface area (Å²) < 4.78 is 0. The number of ketones is 1. The highest BCUT2D eigenvalue weighted by atomic mass is 16.2. The molecule has 0 bridgehead atoms. The van der Waals surface area contributed by atoms with Crippen LogP contribution in [0, 0.1) is 0 Å². The average Bonchev–Trinajstić information content (AvgIpc) is 2.61. The Morgan fingerprint density at radius 3 is 2.75 bits per heavy atom. The van der Waals surface area contributed by atoms with E-state index in [-0.39, 0.29) is 23.8 Å². The number of carbonyl (C=O) groups is 2. The van der Waals surface area contributed by atoms with Crippen molar-refractivity contribution < 1.29 is 9.59 Å². The number of likely N-dealkylation sites (N-methyl/N-ethyl adjacent to an activating group) is 1. The number of nitrogens with zero attached hydrogens (tertiary/aromatic N) is 2. The van der Waals surface area contributed by atoms with Gasteiger partial charge in [0.05, 0.1) is 6.04 Å². The van der Waals surface area contributed by atoms with Crippen molar-refractivity contribution in [1.82, 2.24) is 15.3 Å². The van der Waals surface area contributed by atoms with Gasteiger partial charge in [0.2, 0.25) is 0 Å².